The van der Waals surface area contributed by atoms with Gasteiger partial charge in [0.1, 0.15) is 17.5 Å². The van der Waals surface area contributed by atoms with Crippen molar-refractivity contribution >= 4 is 45.3 Å². The maximum atomic E-state index is 15.9. The third-order valence-corrected chi connectivity index (χ3v) is 10.6. The summed E-state index contributed by atoms with van der Waals surface area (Å²) in [4.78, 5) is 34.2. The second-order valence-electron chi connectivity index (χ2n) is 12.4. The fraction of sp³-hybridized carbons (Fsp3) is 0.419. The van der Waals surface area contributed by atoms with Crippen LogP contribution in [0.25, 0.3) is 32.9 Å². The molecule has 3 aliphatic heterocycles. The van der Waals surface area contributed by atoms with E-state index in [1.807, 2.05) is 0 Å². The zero-order valence-corrected chi connectivity index (χ0v) is 25.9. The van der Waals surface area contributed by atoms with Gasteiger partial charge in [-0.05, 0) is 26.0 Å². The Kier molecular flexibility index (Phi) is 7.01. The van der Waals surface area contributed by atoms with Crippen LogP contribution in [0.2, 0.25) is 0 Å². The van der Waals surface area contributed by atoms with Crippen molar-refractivity contribution in [3.63, 3.8) is 0 Å². The Morgan fingerprint density at radius 3 is 2.39 bits per heavy atom. The summed E-state index contributed by atoms with van der Waals surface area (Å²) in [6, 6.07) is 0.739. The van der Waals surface area contributed by atoms with Gasteiger partial charge in [0.05, 0.1) is 41.4 Å². The maximum Gasteiger partial charge on any atom is 0.417 e. The number of amides is 1. The summed E-state index contributed by atoms with van der Waals surface area (Å²) in [5.41, 5.74) is -3.26. The second-order valence-corrected chi connectivity index (χ2v) is 13.4. The molecule has 2 aromatic carbocycles. The van der Waals surface area contributed by atoms with Gasteiger partial charge in [0.15, 0.2) is 0 Å². The highest BCUT2D eigenvalue weighted by Gasteiger charge is 2.45. The fourth-order valence-electron chi connectivity index (χ4n) is 7.12. The summed E-state index contributed by atoms with van der Waals surface area (Å²) in [6.45, 7) is 8.28. The normalized spacial score (nSPS) is 21.1. The molecule has 2 atom stereocenters. The van der Waals surface area contributed by atoms with E-state index in [1.54, 1.807) is 23.6 Å². The first kappa shape index (κ1) is 30.7. The van der Waals surface area contributed by atoms with Gasteiger partial charge in [-0.15, -0.1) is 11.8 Å². The monoisotopic (exact) mass is 660 g/mol. The summed E-state index contributed by atoms with van der Waals surface area (Å²) >= 11 is 1.10. The Morgan fingerprint density at radius 2 is 1.78 bits per heavy atom. The number of anilines is 1. The molecule has 0 radical (unpaired) electrons. The van der Waals surface area contributed by atoms with E-state index in [4.69, 9.17) is 4.74 Å². The molecule has 2 aromatic heterocycles. The molecule has 1 spiro atoms. The van der Waals surface area contributed by atoms with Crippen molar-refractivity contribution in [2.75, 3.05) is 37.0 Å². The van der Waals surface area contributed by atoms with Crippen LogP contribution in [-0.4, -0.2) is 74.3 Å². The van der Waals surface area contributed by atoms with E-state index < -0.39 is 45.6 Å². The number of fused-ring (bicyclic) bond motifs is 1. The van der Waals surface area contributed by atoms with E-state index in [0.717, 1.165) is 28.7 Å². The van der Waals surface area contributed by atoms with E-state index in [9.17, 15) is 14.0 Å². The summed E-state index contributed by atoms with van der Waals surface area (Å²) in [6.07, 6.45) is -2.63. The molecule has 4 aromatic rings. The van der Waals surface area contributed by atoms with Crippen LogP contribution < -0.4 is 10.6 Å². The number of piperazine rings is 1. The molecular weight excluding hydrogens is 631 g/mol. The molecule has 1 amide bonds. The van der Waals surface area contributed by atoms with Gasteiger partial charge in [-0.3, -0.25) is 14.0 Å². The van der Waals surface area contributed by atoms with E-state index in [-0.39, 0.29) is 83.4 Å². The molecule has 242 valence electrons. The fourth-order valence-corrected chi connectivity index (χ4v) is 8.54. The summed E-state index contributed by atoms with van der Waals surface area (Å²) in [5.74, 6) is -2.08. The lowest BCUT2D eigenvalue weighted by Gasteiger charge is -2.44. The molecule has 2 saturated heterocycles. The van der Waals surface area contributed by atoms with Crippen LogP contribution in [0.15, 0.2) is 40.7 Å². The Balaban J connectivity index is 1.57. The van der Waals surface area contributed by atoms with Crippen molar-refractivity contribution in [1.29, 1.82) is 0 Å². The standard InChI is InChI=1S/C31H29F5N6O3S/c1-5-22(43)42-15(2)9-40(10-16(42)3)28-17-6-19(31(34,35)36)23(24-21(33)7-20(32)18-8-37-39(4)25(18)24)27-26(17)41(29(44)38-28)11-30(14-46-27)12-45-13-30/h5-8,15-16H,1,9-14H2,2-4H3/t15-,16+. The number of benzene rings is 2. The van der Waals surface area contributed by atoms with Crippen LogP contribution in [-0.2, 0) is 29.3 Å². The number of thioether (sulfide) groups is 1. The van der Waals surface area contributed by atoms with E-state index in [1.165, 1.54) is 17.7 Å². The number of rotatable bonds is 3. The van der Waals surface area contributed by atoms with E-state index in [2.05, 4.69) is 16.7 Å². The number of hydrogen-bond acceptors (Lipinski definition) is 7. The zero-order valence-electron chi connectivity index (χ0n) is 25.1. The average Bonchev–Trinajstić information content (AvgIpc) is 3.24. The first-order chi connectivity index (χ1) is 21.7. The van der Waals surface area contributed by atoms with E-state index in [0.29, 0.717) is 11.8 Å². The smallest absolute Gasteiger partial charge is 0.380 e. The summed E-state index contributed by atoms with van der Waals surface area (Å²) < 4.78 is 84.4. The molecule has 3 aliphatic rings. The highest BCUT2D eigenvalue weighted by molar-refractivity contribution is 7.99. The number of halogens is 5. The Morgan fingerprint density at radius 1 is 1.09 bits per heavy atom. The highest BCUT2D eigenvalue weighted by atomic mass is 32.2. The first-order valence-corrected chi connectivity index (χ1v) is 15.6. The molecule has 7 rings (SSSR count). The minimum atomic E-state index is -4.98. The minimum Gasteiger partial charge on any atom is -0.380 e. The Bertz CT molecular complexity index is 2010. The predicted octanol–water partition coefficient (Wildman–Crippen LogP) is 4.98. The van der Waals surface area contributed by atoms with Gasteiger partial charge in [-0.2, -0.15) is 23.3 Å². The van der Waals surface area contributed by atoms with Crippen molar-refractivity contribution in [3.05, 3.63) is 58.7 Å². The van der Waals surface area contributed by atoms with Crippen LogP contribution >= 0.6 is 11.8 Å². The number of alkyl halides is 3. The van der Waals surface area contributed by atoms with Gasteiger partial charge < -0.3 is 14.5 Å². The van der Waals surface area contributed by atoms with Crippen LogP contribution in [0.1, 0.15) is 19.4 Å². The van der Waals surface area contributed by atoms with Crippen LogP contribution in [0.3, 0.4) is 0 Å². The second kappa shape index (κ2) is 10.5. The molecule has 0 unspecified atom stereocenters. The zero-order chi connectivity index (χ0) is 32.9. The predicted molar refractivity (Wildman–Crippen MR) is 163 cm³/mol. The molecule has 5 heterocycles. The number of carbonyl (C=O) groups is 1. The SMILES string of the molecule is C=CC(=O)N1[C@H](C)CN(c2nc(=O)n3c4c(c(-c5c(F)cc(F)c6cnn(C)c56)c(C(F)(F)F)cc24)SCC2(COC2)C3)C[C@@H]1C. The molecule has 46 heavy (non-hydrogen) atoms. The maximum absolute atomic E-state index is 15.9. The van der Waals surface area contributed by atoms with Crippen molar-refractivity contribution in [2.24, 2.45) is 12.5 Å². The van der Waals surface area contributed by atoms with E-state index >= 15 is 17.6 Å². The Labute approximate surface area is 263 Å². The number of aryl methyl sites for hydroxylation is 1. The molecule has 0 bridgehead atoms. The van der Waals surface area contributed by atoms with Gasteiger partial charge in [0, 0.05) is 77.4 Å². The lowest BCUT2D eigenvalue weighted by molar-refractivity contribution is -0.137. The number of aromatic nitrogens is 4. The molecular formula is C31H29F5N6O3S. The Hall–Kier alpha value is -3.98. The van der Waals surface area contributed by atoms with Gasteiger partial charge in [0.2, 0.25) is 5.91 Å². The topological polar surface area (TPSA) is 85.5 Å². The molecule has 15 heteroatoms. The van der Waals surface area contributed by atoms with Gasteiger partial charge in [-0.1, -0.05) is 6.58 Å². The summed E-state index contributed by atoms with van der Waals surface area (Å²) in [7, 11) is 1.40. The first-order valence-electron chi connectivity index (χ1n) is 14.6. The average molecular weight is 661 g/mol. The minimum absolute atomic E-state index is 0.0453. The third-order valence-electron chi connectivity index (χ3n) is 9.16. The molecule has 2 fully saturated rings. The summed E-state index contributed by atoms with van der Waals surface area (Å²) in [5, 5.41) is 3.95. The molecule has 0 saturated carbocycles. The lowest BCUT2D eigenvalue weighted by Crippen LogP contribution is -2.58. The molecule has 0 aliphatic carbocycles. The van der Waals surface area contributed by atoms with Gasteiger partial charge >= 0.3 is 11.9 Å². The van der Waals surface area contributed by atoms with Crippen LogP contribution in [0, 0.1) is 17.0 Å². The number of ether oxygens (including phenoxy) is 1. The molecule has 9 nitrogen and oxygen atoms in total. The largest absolute Gasteiger partial charge is 0.417 e. The lowest BCUT2D eigenvalue weighted by atomic mass is 9.88. The van der Waals surface area contributed by atoms with Gasteiger partial charge in [0.25, 0.3) is 0 Å². The van der Waals surface area contributed by atoms with Crippen molar-refractivity contribution in [1.82, 2.24) is 24.2 Å². The number of nitrogens with zero attached hydrogens (tertiary/aromatic N) is 6. The molecule has 0 N–H and O–H groups in total. The highest BCUT2D eigenvalue weighted by Crippen LogP contribution is 2.52. The van der Waals surface area contributed by atoms with Crippen molar-refractivity contribution < 1.29 is 31.5 Å². The van der Waals surface area contributed by atoms with Gasteiger partial charge in [-0.25, -0.2) is 13.6 Å². The number of carbonyl (C=O) groups excluding carboxylic acids is 1. The quantitative estimate of drug-likeness (QED) is 0.227. The van der Waals surface area contributed by atoms with Crippen molar-refractivity contribution in [3.8, 4) is 11.1 Å². The van der Waals surface area contributed by atoms with Crippen molar-refractivity contribution in [2.45, 2.75) is 43.5 Å². The number of hydrogen-bond donors (Lipinski definition) is 0. The van der Waals surface area contributed by atoms with Crippen LogP contribution in [0.4, 0.5) is 27.8 Å². The van der Waals surface area contributed by atoms with Crippen LogP contribution in [0.5, 0.6) is 0 Å². The third kappa shape index (κ3) is 4.53.